The zero-order valence-corrected chi connectivity index (χ0v) is 18.9. The summed E-state index contributed by atoms with van der Waals surface area (Å²) in [6, 6.07) is 3.71. The van der Waals surface area contributed by atoms with E-state index in [0.29, 0.717) is 44.7 Å². The van der Waals surface area contributed by atoms with Crippen LogP contribution in [-0.2, 0) is 21.4 Å². The van der Waals surface area contributed by atoms with Crippen molar-refractivity contribution in [2.75, 3.05) is 39.0 Å². The van der Waals surface area contributed by atoms with E-state index in [9.17, 15) is 8.42 Å². The van der Waals surface area contributed by atoms with Crippen molar-refractivity contribution in [2.45, 2.75) is 32.3 Å². The Bertz CT molecular complexity index is 633. The van der Waals surface area contributed by atoms with E-state index in [1.54, 1.807) is 13.3 Å². The summed E-state index contributed by atoms with van der Waals surface area (Å²) in [5.41, 5.74) is 0. The Morgan fingerprint density at radius 1 is 1.33 bits per heavy atom. The first-order valence-corrected chi connectivity index (χ1v) is 10.8. The van der Waals surface area contributed by atoms with E-state index in [0.717, 1.165) is 25.0 Å². The van der Waals surface area contributed by atoms with Crippen LogP contribution in [0.15, 0.2) is 27.8 Å². The number of hydrogen-bond donors (Lipinski definition) is 3. The number of rotatable bonds is 12. The van der Waals surface area contributed by atoms with Crippen molar-refractivity contribution in [3.05, 3.63) is 24.2 Å². The largest absolute Gasteiger partial charge is 0.467 e. The molecule has 1 heterocycles. The van der Waals surface area contributed by atoms with Crippen LogP contribution in [0.1, 0.15) is 31.4 Å². The van der Waals surface area contributed by atoms with Crippen molar-refractivity contribution < 1.29 is 17.6 Å². The molecular weight excluding hydrogens is 483 g/mol. The molecule has 0 atom stereocenters. The molecular formula is C17H31IN4O4S. The fraction of sp³-hybridized carbons (Fsp3) is 0.706. The number of halogens is 1. The van der Waals surface area contributed by atoms with Crippen molar-refractivity contribution in [2.24, 2.45) is 10.9 Å². The van der Waals surface area contributed by atoms with Gasteiger partial charge in [-0.2, -0.15) is 0 Å². The van der Waals surface area contributed by atoms with Crippen LogP contribution < -0.4 is 15.4 Å². The smallest absolute Gasteiger partial charge is 0.213 e. The van der Waals surface area contributed by atoms with Crippen LogP contribution in [0.5, 0.6) is 0 Å². The summed E-state index contributed by atoms with van der Waals surface area (Å²) in [5, 5.41) is 6.16. The maximum absolute atomic E-state index is 11.9. The van der Waals surface area contributed by atoms with Gasteiger partial charge in [-0.1, -0.05) is 6.42 Å². The van der Waals surface area contributed by atoms with Crippen molar-refractivity contribution in [1.29, 1.82) is 0 Å². The van der Waals surface area contributed by atoms with E-state index >= 15 is 0 Å². The molecule has 156 valence electrons. The average molecular weight is 514 g/mol. The van der Waals surface area contributed by atoms with E-state index in [1.165, 1.54) is 6.42 Å². The summed E-state index contributed by atoms with van der Waals surface area (Å²) in [4.78, 5) is 4.09. The molecule has 0 radical (unpaired) electrons. The Morgan fingerprint density at radius 2 is 2.11 bits per heavy atom. The number of aliphatic imine (C=N–C) groups is 1. The minimum atomic E-state index is -3.23. The molecule has 8 nitrogen and oxygen atoms in total. The van der Waals surface area contributed by atoms with E-state index < -0.39 is 10.0 Å². The molecule has 2 rings (SSSR count). The van der Waals surface area contributed by atoms with Crippen LogP contribution in [0.4, 0.5) is 0 Å². The minimum Gasteiger partial charge on any atom is -0.467 e. The molecule has 0 bridgehead atoms. The number of ether oxygens (including phenoxy) is 1. The number of sulfonamides is 1. The zero-order valence-electron chi connectivity index (χ0n) is 15.8. The van der Waals surface area contributed by atoms with Gasteiger partial charge < -0.3 is 19.8 Å². The maximum Gasteiger partial charge on any atom is 0.213 e. The predicted octanol–water partition coefficient (Wildman–Crippen LogP) is 1.69. The Labute approximate surface area is 179 Å². The van der Waals surface area contributed by atoms with E-state index in [2.05, 4.69) is 20.3 Å². The summed E-state index contributed by atoms with van der Waals surface area (Å²) >= 11 is 0. The first kappa shape index (κ1) is 24.2. The van der Waals surface area contributed by atoms with Crippen LogP contribution in [0.25, 0.3) is 0 Å². The second kappa shape index (κ2) is 13.3. The zero-order chi connectivity index (χ0) is 18.7. The quantitative estimate of drug-likeness (QED) is 0.170. The van der Waals surface area contributed by atoms with Gasteiger partial charge in [-0.05, 0) is 37.3 Å². The van der Waals surface area contributed by atoms with Gasteiger partial charge in [0.1, 0.15) is 12.4 Å². The maximum atomic E-state index is 11.9. The number of nitrogens with one attached hydrogen (secondary N) is 3. The van der Waals surface area contributed by atoms with E-state index in [1.807, 2.05) is 12.1 Å². The van der Waals surface area contributed by atoms with Crippen LogP contribution in [-0.4, -0.2) is 53.4 Å². The van der Waals surface area contributed by atoms with Crippen LogP contribution in [0, 0.1) is 5.92 Å². The molecule has 0 amide bonds. The van der Waals surface area contributed by atoms with E-state index in [-0.39, 0.29) is 29.7 Å². The third kappa shape index (κ3) is 10.3. The van der Waals surface area contributed by atoms with Gasteiger partial charge in [-0.3, -0.25) is 4.99 Å². The summed E-state index contributed by atoms with van der Waals surface area (Å²) in [5.74, 6) is 1.95. The molecule has 1 aromatic rings. The number of hydrogen-bond acceptors (Lipinski definition) is 5. The highest BCUT2D eigenvalue weighted by atomic mass is 127. The van der Waals surface area contributed by atoms with Gasteiger partial charge in [0.05, 0.1) is 12.0 Å². The number of furan rings is 1. The molecule has 1 aliphatic rings. The first-order chi connectivity index (χ1) is 12.6. The fourth-order valence-electron chi connectivity index (χ4n) is 2.49. The van der Waals surface area contributed by atoms with Gasteiger partial charge in [0.15, 0.2) is 5.96 Å². The first-order valence-electron chi connectivity index (χ1n) is 9.11. The van der Waals surface area contributed by atoms with Crippen molar-refractivity contribution >= 4 is 40.0 Å². The molecule has 1 aromatic heterocycles. The molecule has 0 aromatic carbocycles. The Hall–Kier alpha value is -0.850. The van der Waals surface area contributed by atoms with Crippen LogP contribution in [0.3, 0.4) is 0 Å². The lowest BCUT2D eigenvalue weighted by Gasteiger charge is -2.25. The topological polar surface area (TPSA) is 105 Å². The Morgan fingerprint density at radius 3 is 2.74 bits per heavy atom. The van der Waals surface area contributed by atoms with Crippen molar-refractivity contribution in [3.8, 4) is 0 Å². The number of nitrogens with zero attached hydrogens (tertiary/aromatic N) is 1. The molecule has 0 unspecified atom stereocenters. The summed E-state index contributed by atoms with van der Waals surface area (Å²) in [6.45, 7) is 2.63. The van der Waals surface area contributed by atoms with Gasteiger partial charge in [-0.25, -0.2) is 13.1 Å². The second-order valence-corrected chi connectivity index (χ2v) is 8.30. The highest BCUT2D eigenvalue weighted by molar-refractivity contribution is 14.0. The lowest BCUT2D eigenvalue weighted by molar-refractivity contribution is 0.105. The van der Waals surface area contributed by atoms with Gasteiger partial charge in [0, 0.05) is 33.3 Å². The summed E-state index contributed by atoms with van der Waals surface area (Å²) in [7, 11) is -1.58. The molecule has 3 N–H and O–H groups in total. The second-order valence-electron chi connectivity index (χ2n) is 6.38. The lowest BCUT2D eigenvalue weighted by atomic mass is 9.86. The summed E-state index contributed by atoms with van der Waals surface area (Å²) < 4.78 is 37.2. The van der Waals surface area contributed by atoms with Crippen molar-refractivity contribution in [1.82, 2.24) is 15.4 Å². The third-order valence-corrected chi connectivity index (χ3v) is 5.63. The molecule has 1 saturated carbocycles. The van der Waals surface area contributed by atoms with Gasteiger partial charge in [0.2, 0.25) is 10.0 Å². The molecule has 1 aliphatic carbocycles. The van der Waals surface area contributed by atoms with Gasteiger partial charge in [-0.15, -0.1) is 24.0 Å². The molecule has 10 heteroatoms. The Kier molecular flexibility index (Phi) is 12.0. The lowest BCUT2D eigenvalue weighted by Crippen LogP contribution is -2.42. The van der Waals surface area contributed by atoms with Gasteiger partial charge >= 0.3 is 0 Å². The standard InChI is InChI=1S/C17H30N4O4S.HI/c1-18-17(19-8-4-10-24-14-16-7-3-11-25-16)20-9-12-26(22,23)21-13-15-5-2-6-15;/h3,7,11,15,21H,2,4-6,8-10,12-14H2,1H3,(H2,18,19,20);1H. The Balaban J connectivity index is 0.00000364. The monoisotopic (exact) mass is 514 g/mol. The third-order valence-electron chi connectivity index (χ3n) is 4.29. The number of guanidine groups is 1. The average Bonchev–Trinajstić information content (AvgIpc) is 3.08. The molecule has 0 saturated heterocycles. The normalized spacial score (nSPS) is 15.1. The molecule has 0 spiro atoms. The predicted molar refractivity (Wildman–Crippen MR) is 117 cm³/mol. The summed E-state index contributed by atoms with van der Waals surface area (Å²) in [6.07, 6.45) is 5.90. The van der Waals surface area contributed by atoms with Gasteiger partial charge in [0.25, 0.3) is 0 Å². The minimum absolute atomic E-state index is 0. The van der Waals surface area contributed by atoms with E-state index in [4.69, 9.17) is 9.15 Å². The molecule has 0 aliphatic heterocycles. The van der Waals surface area contributed by atoms with Crippen LogP contribution >= 0.6 is 24.0 Å². The highest BCUT2D eigenvalue weighted by Gasteiger charge is 2.19. The molecule has 27 heavy (non-hydrogen) atoms. The van der Waals surface area contributed by atoms with Crippen molar-refractivity contribution in [3.63, 3.8) is 0 Å². The highest BCUT2D eigenvalue weighted by Crippen LogP contribution is 2.25. The van der Waals surface area contributed by atoms with Crippen LogP contribution in [0.2, 0.25) is 0 Å². The molecule has 1 fully saturated rings. The SMILES string of the molecule is CN=C(NCCCOCc1ccco1)NCCS(=O)(=O)NCC1CCC1.I. The fourth-order valence-corrected chi connectivity index (χ4v) is 3.49.